The van der Waals surface area contributed by atoms with E-state index in [1.807, 2.05) is 26.0 Å². The van der Waals surface area contributed by atoms with Crippen LogP contribution in [0.15, 0.2) is 34.1 Å². The molecule has 0 aliphatic rings. The Morgan fingerprint density at radius 2 is 1.88 bits per heavy atom. The van der Waals surface area contributed by atoms with Crippen LogP contribution in [0, 0.1) is 13.8 Å². The summed E-state index contributed by atoms with van der Waals surface area (Å²) >= 11 is 4.46. The summed E-state index contributed by atoms with van der Waals surface area (Å²) in [5.41, 5.74) is 2.74. The number of ether oxygens (including phenoxy) is 1. The maximum absolute atomic E-state index is 11.9. The topological polar surface area (TPSA) is 84.5 Å². The Bertz CT molecular complexity index is 804. The highest BCUT2D eigenvalue weighted by Gasteiger charge is 2.13. The second-order valence-corrected chi connectivity index (χ2v) is 7.72. The fourth-order valence-corrected chi connectivity index (χ4v) is 3.22. The lowest BCUT2D eigenvalue weighted by Crippen LogP contribution is -2.35. The highest BCUT2D eigenvalue weighted by atomic mass is 79.9. The van der Waals surface area contributed by atoms with Crippen molar-refractivity contribution in [2.75, 3.05) is 18.5 Å². The van der Waals surface area contributed by atoms with Gasteiger partial charge in [0.1, 0.15) is 4.88 Å². The molecule has 2 rings (SSSR count). The van der Waals surface area contributed by atoms with E-state index in [-0.39, 0.29) is 12.5 Å². The highest BCUT2D eigenvalue weighted by molar-refractivity contribution is 9.11. The molecule has 0 radical (unpaired) electrons. The summed E-state index contributed by atoms with van der Waals surface area (Å²) < 4.78 is 5.69. The van der Waals surface area contributed by atoms with Crippen molar-refractivity contribution in [1.29, 1.82) is 0 Å². The first kappa shape index (κ1) is 19.1. The van der Waals surface area contributed by atoms with Gasteiger partial charge in [0.25, 0.3) is 5.91 Å². The molecule has 2 aromatic rings. The van der Waals surface area contributed by atoms with Crippen LogP contribution in [0.3, 0.4) is 0 Å². The van der Waals surface area contributed by atoms with Crippen LogP contribution in [-0.4, -0.2) is 30.9 Å². The lowest BCUT2D eigenvalue weighted by molar-refractivity contribution is -0.126. The minimum Gasteiger partial charge on any atom is -0.451 e. The van der Waals surface area contributed by atoms with E-state index >= 15 is 0 Å². The van der Waals surface area contributed by atoms with Crippen LogP contribution in [0.25, 0.3) is 0 Å². The van der Waals surface area contributed by atoms with Crippen LogP contribution in [-0.2, 0) is 14.3 Å². The lowest BCUT2D eigenvalue weighted by Gasteiger charge is -2.11. The molecule has 0 aliphatic heterocycles. The zero-order valence-electron chi connectivity index (χ0n) is 13.7. The van der Waals surface area contributed by atoms with E-state index in [2.05, 4.69) is 26.6 Å². The van der Waals surface area contributed by atoms with Crippen molar-refractivity contribution < 1.29 is 19.1 Å². The predicted molar refractivity (Wildman–Crippen MR) is 99.9 cm³/mol. The molecule has 1 aromatic heterocycles. The normalized spacial score (nSPS) is 10.2. The van der Waals surface area contributed by atoms with Gasteiger partial charge in [-0.05, 0) is 59.1 Å². The Morgan fingerprint density at radius 1 is 1.12 bits per heavy atom. The van der Waals surface area contributed by atoms with E-state index in [0.29, 0.717) is 10.6 Å². The van der Waals surface area contributed by atoms with Gasteiger partial charge in [-0.2, -0.15) is 0 Å². The van der Waals surface area contributed by atoms with Crippen molar-refractivity contribution in [3.63, 3.8) is 0 Å². The van der Waals surface area contributed by atoms with E-state index in [4.69, 9.17) is 4.74 Å². The number of esters is 1. The fraction of sp³-hybridized carbons (Fsp3) is 0.235. The largest absolute Gasteiger partial charge is 0.451 e. The average molecular weight is 425 g/mol. The number of rotatable bonds is 6. The number of halogens is 1. The van der Waals surface area contributed by atoms with Crippen LogP contribution >= 0.6 is 27.3 Å². The summed E-state index contributed by atoms with van der Waals surface area (Å²) in [6, 6.07) is 8.92. The molecule has 25 heavy (non-hydrogen) atoms. The number of thiophene rings is 1. The summed E-state index contributed by atoms with van der Waals surface area (Å²) in [4.78, 5) is 35.7. The van der Waals surface area contributed by atoms with E-state index < -0.39 is 18.5 Å². The van der Waals surface area contributed by atoms with E-state index in [1.165, 1.54) is 11.3 Å². The van der Waals surface area contributed by atoms with Gasteiger partial charge >= 0.3 is 5.97 Å². The maximum Gasteiger partial charge on any atom is 0.348 e. The third kappa shape index (κ3) is 5.68. The zero-order chi connectivity index (χ0) is 18.4. The molecular formula is C17H17BrN2O4S. The molecular weight excluding hydrogens is 408 g/mol. The SMILES string of the molecule is Cc1cccc(NC(=O)CNC(=O)COC(=O)c2ccc(Br)s2)c1C. The minimum atomic E-state index is -0.578. The Hall–Kier alpha value is -2.19. The second kappa shape index (κ2) is 8.77. The van der Waals surface area contributed by atoms with Gasteiger partial charge in [-0.15, -0.1) is 11.3 Å². The summed E-state index contributed by atoms with van der Waals surface area (Å²) in [5, 5.41) is 5.15. The van der Waals surface area contributed by atoms with Gasteiger partial charge < -0.3 is 15.4 Å². The highest BCUT2D eigenvalue weighted by Crippen LogP contribution is 2.22. The Labute approximate surface area is 157 Å². The Morgan fingerprint density at radius 3 is 2.56 bits per heavy atom. The molecule has 2 amide bonds. The number of nitrogens with one attached hydrogen (secondary N) is 2. The Kier molecular flexibility index (Phi) is 6.72. The van der Waals surface area contributed by atoms with E-state index in [1.54, 1.807) is 18.2 Å². The number of amides is 2. The fourth-order valence-electron chi connectivity index (χ4n) is 1.94. The Balaban J connectivity index is 1.75. The molecule has 8 heteroatoms. The standard InChI is InChI=1S/C17H17BrN2O4S/c1-10-4-3-5-12(11(10)2)20-15(21)8-19-16(22)9-24-17(23)13-6-7-14(18)25-13/h3-7H,8-9H2,1-2H3,(H,19,22)(H,20,21). The third-order valence-corrected chi connectivity index (χ3v) is 5.04. The number of carbonyl (C=O) groups excluding carboxylic acids is 3. The van der Waals surface area contributed by atoms with Gasteiger partial charge in [0.05, 0.1) is 10.3 Å². The number of hydrogen-bond donors (Lipinski definition) is 2. The third-order valence-electron chi connectivity index (χ3n) is 3.43. The quantitative estimate of drug-likeness (QED) is 0.697. The number of anilines is 1. The molecule has 2 N–H and O–H groups in total. The molecule has 6 nitrogen and oxygen atoms in total. The molecule has 0 unspecified atom stereocenters. The number of benzene rings is 1. The second-order valence-electron chi connectivity index (χ2n) is 5.25. The summed E-state index contributed by atoms with van der Waals surface area (Å²) in [6.07, 6.45) is 0. The first-order valence-corrected chi connectivity index (χ1v) is 9.03. The van der Waals surface area contributed by atoms with Crippen LogP contribution in [0.1, 0.15) is 20.8 Å². The van der Waals surface area contributed by atoms with Crippen molar-refractivity contribution in [3.8, 4) is 0 Å². The van der Waals surface area contributed by atoms with Crippen molar-refractivity contribution in [3.05, 3.63) is 50.1 Å². The lowest BCUT2D eigenvalue weighted by atomic mass is 10.1. The zero-order valence-corrected chi connectivity index (χ0v) is 16.1. The summed E-state index contributed by atoms with van der Waals surface area (Å²) in [7, 11) is 0. The van der Waals surface area contributed by atoms with Gasteiger partial charge in [0, 0.05) is 5.69 Å². The molecule has 0 saturated heterocycles. The number of carbonyl (C=O) groups is 3. The molecule has 0 atom stereocenters. The predicted octanol–water partition coefficient (Wildman–Crippen LogP) is 3.04. The van der Waals surface area contributed by atoms with Crippen molar-refractivity contribution in [2.24, 2.45) is 0 Å². The van der Waals surface area contributed by atoms with E-state index in [0.717, 1.165) is 14.9 Å². The van der Waals surface area contributed by atoms with Crippen molar-refractivity contribution >= 4 is 50.7 Å². The van der Waals surface area contributed by atoms with Crippen molar-refractivity contribution in [1.82, 2.24) is 5.32 Å². The molecule has 0 aliphatic carbocycles. The van der Waals surface area contributed by atoms with Crippen LogP contribution in [0.2, 0.25) is 0 Å². The molecule has 0 saturated carbocycles. The molecule has 1 aromatic carbocycles. The van der Waals surface area contributed by atoms with Crippen LogP contribution < -0.4 is 10.6 Å². The summed E-state index contributed by atoms with van der Waals surface area (Å²) in [5.74, 6) is -1.47. The van der Waals surface area contributed by atoms with Gasteiger partial charge in [0.15, 0.2) is 6.61 Å². The first-order chi connectivity index (χ1) is 11.9. The maximum atomic E-state index is 11.9. The molecule has 0 fully saturated rings. The van der Waals surface area contributed by atoms with Crippen LogP contribution in [0.5, 0.6) is 0 Å². The van der Waals surface area contributed by atoms with E-state index in [9.17, 15) is 14.4 Å². The number of hydrogen-bond acceptors (Lipinski definition) is 5. The minimum absolute atomic E-state index is 0.200. The van der Waals surface area contributed by atoms with Gasteiger partial charge in [0.2, 0.25) is 5.91 Å². The first-order valence-electron chi connectivity index (χ1n) is 7.42. The molecule has 1 heterocycles. The average Bonchev–Trinajstić information content (AvgIpc) is 3.01. The molecule has 132 valence electrons. The van der Waals surface area contributed by atoms with Gasteiger partial charge in [-0.25, -0.2) is 4.79 Å². The molecule has 0 spiro atoms. The van der Waals surface area contributed by atoms with Crippen LogP contribution in [0.4, 0.5) is 5.69 Å². The monoisotopic (exact) mass is 424 g/mol. The summed E-state index contributed by atoms with van der Waals surface area (Å²) in [6.45, 7) is 3.22. The molecule has 0 bridgehead atoms. The van der Waals surface area contributed by atoms with Gasteiger partial charge in [-0.1, -0.05) is 12.1 Å². The van der Waals surface area contributed by atoms with Crippen molar-refractivity contribution in [2.45, 2.75) is 13.8 Å². The smallest absolute Gasteiger partial charge is 0.348 e. The number of aryl methyl sites for hydroxylation is 1. The van der Waals surface area contributed by atoms with Gasteiger partial charge in [-0.3, -0.25) is 9.59 Å².